The Morgan fingerprint density at radius 1 is 1.27 bits per heavy atom. The number of anilines is 1. The highest BCUT2D eigenvalue weighted by molar-refractivity contribution is 5.98. The molecule has 0 aliphatic carbocycles. The number of carboxylic acid groups (broad SMARTS) is 1. The molecule has 15 heavy (non-hydrogen) atoms. The fraction of sp³-hybridized carbons (Fsp3) is 0. The number of aromatic nitrogens is 2. The number of benzene rings is 1. The number of carboxylic acids is 1. The number of H-pyrrole nitrogens is 2. The molecule has 1 aromatic carbocycles. The first-order chi connectivity index (χ1) is 6.58. The molecule has 0 atom stereocenters. The average Bonchev–Trinajstić information content (AvgIpc) is 2.42. The Balaban J connectivity index is 0.00000112. The number of aromatic amines is 2. The number of aromatic carboxylic acids is 1. The summed E-state index contributed by atoms with van der Waals surface area (Å²) in [5, 5.41) is 8.75. The van der Waals surface area contributed by atoms with E-state index in [1.165, 1.54) is 12.1 Å². The summed E-state index contributed by atoms with van der Waals surface area (Å²) < 4.78 is 0. The lowest BCUT2D eigenvalue weighted by Gasteiger charge is -1.99. The van der Waals surface area contributed by atoms with E-state index in [0.717, 1.165) is 0 Å². The smallest absolute Gasteiger partial charge is 0.337 e. The van der Waals surface area contributed by atoms with E-state index in [0.29, 0.717) is 11.0 Å². The lowest BCUT2D eigenvalue weighted by molar-refractivity contribution is 0.0698. The number of carbonyl (C=O) groups is 1. The Morgan fingerprint density at radius 3 is 2.33 bits per heavy atom. The van der Waals surface area contributed by atoms with Crippen LogP contribution in [0.15, 0.2) is 16.9 Å². The van der Waals surface area contributed by atoms with Gasteiger partial charge in [0.2, 0.25) is 0 Å². The van der Waals surface area contributed by atoms with Gasteiger partial charge in [-0.3, -0.25) is 0 Å². The van der Waals surface area contributed by atoms with Crippen molar-refractivity contribution < 1.29 is 9.90 Å². The maximum absolute atomic E-state index is 10.9. The molecule has 1 heterocycles. The van der Waals surface area contributed by atoms with Crippen LogP contribution in [0.2, 0.25) is 0 Å². The molecule has 7 heteroatoms. The van der Waals surface area contributed by atoms with Gasteiger partial charge in [-0.2, -0.15) is 0 Å². The second kappa shape index (κ2) is 3.66. The van der Waals surface area contributed by atoms with Gasteiger partial charge in [-0.1, -0.05) is 0 Å². The van der Waals surface area contributed by atoms with Crippen LogP contribution in [-0.4, -0.2) is 21.0 Å². The van der Waals surface area contributed by atoms with Crippen LogP contribution in [0, 0.1) is 0 Å². The minimum Gasteiger partial charge on any atom is -0.478 e. The average molecular weight is 230 g/mol. The van der Waals surface area contributed by atoms with Crippen LogP contribution >= 0.6 is 12.4 Å². The lowest BCUT2D eigenvalue weighted by atomic mass is 10.1. The SMILES string of the molecule is Cl.Nc1cc2[nH]c(=O)[nH]c2cc1C(=O)O. The third-order valence-electron chi connectivity index (χ3n) is 1.92. The fourth-order valence-corrected chi connectivity index (χ4v) is 1.28. The summed E-state index contributed by atoms with van der Waals surface area (Å²) in [5.41, 5.74) is 6.13. The Labute approximate surface area is 89.5 Å². The first kappa shape index (κ1) is 11.1. The standard InChI is InChI=1S/C8H7N3O3.ClH/c9-4-2-6-5(10-8(14)11-6)1-3(4)7(12)13;/h1-2H,9H2,(H,12,13)(H2,10,11,14);1H. The van der Waals surface area contributed by atoms with Crippen molar-refractivity contribution in [2.24, 2.45) is 0 Å². The van der Waals surface area contributed by atoms with Gasteiger partial charge >= 0.3 is 11.7 Å². The number of hydrogen-bond donors (Lipinski definition) is 4. The number of nitrogens with one attached hydrogen (secondary N) is 2. The topological polar surface area (TPSA) is 112 Å². The normalized spacial score (nSPS) is 9.87. The van der Waals surface area contributed by atoms with Gasteiger partial charge in [0.25, 0.3) is 0 Å². The van der Waals surface area contributed by atoms with Gasteiger partial charge in [0.05, 0.1) is 16.6 Å². The minimum atomic E-state index is -1.12. The predicted molar refractivity (Wildman–Crippen MR) is 57.5 cm³/mol. The number of rotatable bonds is 1. The molecular formula is C8H8ClN3O3. The van der Waals surface area contributed by atoms with E-state index >= 15 is 0 Å². The van der Waals surface area contributed by atoms with E-state index in [1.54, 1.807) is 0 Å². The highest BCUT2D eigenvalue weighted by Gasteiger charge is 2.10. The molecule has 2 rings (SSSR count). The quantitative estimate of drug-likeness (QED) is 0.535. The van der Waals surface area contributed by atoms with Gasteiger partial charge in [-0.05, 0) is 12.1 Å². The molecule has 80 valence electrons. The van der Waals surface area contributed by atoms with Crippen LogP contribution in [0.1, 0.15) is 10.4 Å². The van der Waals surface area contributed by atoms with Crippen LogP contribution in [0.4, 0.5) is 5.69 Å². The Morgan fingerprint density at radius 2 is 1.80 bits per heavy atom. The molecule has 0 aliphatic heterocycles. The van der Waals surface area contributed by atoms with E-state index in [1.807, 2.05) is 0 Å². The van der Waals surface area contributed by atoms with Crippen molar-refractivity contribution in [1.82, 2.24) is 9.97 Å². The van der Waals surface area contributed by atoms with Crippen LogP contribution in [0.25, 0.3) is 11.0 Å². The summed E-state index contributed by atoms with van der Waals surface area (Å²) in [6, 6.07) is 2.74. The molecule has 0 radical (unpaired) electrons. The second-order valence-electron chi connectivity index (χ2n) is 2.87. The molecule has 1 aromatic heterocycles. The van der Waals surface area contributed by atoms with Crippen LogP contribution in [-0.2, 0) is 0 Å². The summed E-state index contributed by atoms with van der Waals surface area (Å²) in [5.74, 6) is -1.12. The zero-order valence-electron chi connectivity index (χ0n) is 7.40. The van der Waals surface area contributed by atoms with E-state index < -0.39 is 5.97 Å². The van der Waals surface area contributed by atoms with Crippen LogP contribution in [0.3, 0.4) is 0 Å². The van der Waals surface area contributed by atoms with Crippen LogP contribution < -0.4 is 11.4 Å². The Kier molecular flexibility index (Phi) is 2.71. The number of nitrogen functional groups attached to an aromatic ring is 1. The van der Waals surface area contributed by atoms with Gasteiger partial charge in [0, 0.05) is 5.69 Å². The third kappa shape index (κ3) is 1.79. The molecule has 0 bridgehead atoms. The predicted octanol–water partition coefficient (Wildman–Crippen LogP) is 0.558. The highest BCUT2D eigenvalue weighted by atomic mass is 35.5. The fourth-order valence-electron chi connectivity index (χ4n) is 1.28. The minimum absolute atomic E-state index is 0. The van der Waals surface area contributed by atoms with Crippen molar-refractivity contribution in [2.75, 3.05) is 5.73 Å². The van der Waals surface area contributed by atoms with E-state index in [9.17, 15) is 9.59 Å². The Bertz CT molecular complexity index is 572. The lowest BCUT2D eigenvalue weighted by Crippen LogP contribution is -2.01. The molecule has 0 aliphatic rings. The summed E-state index contributed by atoms with van der Waals surface area (Å²) >= 11 is 0. The van der Waals surface area contributed by atoms with Gasteiger partial charge < -0.3 is 20.8 Å². The number of imidazole rings is 1. The first-order valence-electron chi connectivity index (χ1n) is 3.83. The third-order valence-corrected chi connectivity index (χ3v) is 1.92. The zero-order valence-corrected chi connectivity index (χ0v) is 8.22. The molecule has 0 saturated carbocycles. The monoisotopic (exact) mass is 229 g/mol. The Hall–Kier alpha value is -1.95. The van der Waals surface area contributed by atoms with E-state index in [2.05, 4.69) is 9.97 Å². The highest BCUT2D eigenvalue weighted by Crippen LogP contribution is 2.17. The molecule has 2 aromatic rings. The molecule has 0 spiro atoms. The summed E-state index contributed by atoms with van der Waals surface area (Å²) in [4.78, 5) is 26.5. The van der Waals surface area contributed by atoms with Crippen molar-refractivity contribution in [3.05, 3.63) is 28.2 Å². The summed E-state index contributed by atoms with van der Waals surface area (Å²) in [6.07, 6.45) is 0. The maximum atomic E-state index is 10.9. The van der Waals surface area contributed by atoms with Gasteiger partial charge in [0.15, 0.2) is 0 Å². The molecule has 5 N–H and O–H groups in total. The van der Waals surface area contributed by atoms with Crippen molar-refractivity contribution >= 4 is 35.1 Å². The maximum Gasteiger partial charge on any atom is 0.337 e. The van der Waals surface area contributed by atoms with Crippen LogP contribution in [0.5, 0.6) is 0 Å². The second-order valence-corrected chi connectivity index (χ2v) is 2.87. The molecule has 0 fully saturated rings. The molecular weight excluding hydrogens is 222 g/mol. The zero-order chi connectivity index (χ0) is 10.3. The largest absolute Gasteiger partial charge is 0.478 e. The van der Waals surface area contributed by atoms with Gasteiger partial charge in [0.1, 0.15) is 0 Å². The summed E-state index contributed by atoms with van der Waals surface area (Å²) in [6.45, 7) is 0. The molecule has 6 nitrogen and oxygen atoms in total. The number of nitrogens with two attached hydrogens (primary N) is 1. The van der Waals surface area contributed by atoms with E-state index in [-0.39, 0.29) is 29.3 Å². The van der Waals surface area contributed by atoms with Crippen molar-refractivity contribution in [1.29, 1.82) is 0 Å². The molecule has 0 unspecified atom stereocenters. The number of fused-ring (bicyclic) bond motifs is 1. The van der Waals surface area contributed by atoms with Crippen molar-refractivity contribution in [2.45, 2.75) is 0 Å². The number of hydrogen-bond acceptors (Lipinski definition) is 3. The van der Waals surface area contributed by atoms with Gasteiger partial charge in [-0.25, -0.2) is 9.59 Å². The van der Waals surface area contributed by atoms with Crippen molar-refractivity contribution in [3.63, 3.8) is 0 Å². The van der Waals surface area contributed by atoms with E-state index in [4.69, 9.17) is 10.8 Å². The molecule has 0 saturated heterocycles. The molecule has 0 amide bonds. The number of halogens is 1. The summed E-state index contributed by atoms with van der Waals surface area (Å²) in [7, 11) is 0. The van der Waals surface area contributed by atoms with Gasteiger partial charge in [-0.15, -0.1) is 12.4 Å². The van der Waals surface area contributed by atoms with Crippen molar-refractivity contribution in [3.8, 4) is 0 Å². The first-order valence-corrected chi connectivity index (χ1v) is 3.83.